The van der Waals surface area contributed by atoms with Crippen LogP contribution in [-0.2, 0) is 11.3 Å². The molecule has 0 aliphatic carbocycles. The van der Waals surface area contributed by atoms with Crippen LogP contribution in [0.2, 0.25) is 0 Å². The lowest BCUT2D eigenvalue weighted by molar-refractivity contribution is -0.0471. The number of hydrogen-bond acceptors (Lipinski definition) is 7. The van der Waals surface area contributed by atoms with Crippen molar-refractivity contribution in [2.24, 2.45) is 0 Å². The molecule has 0 saturated carbocycles. The van der Waals surface area contributed by atoms with Crippen LogP contribution in [0.5, 0.6) is 0 Å². The van der Waals surface area contributed by atoms with Crippen LogP contribution in [0.4, 0.5) is 0 Å². The summed E-state index contributed by atoms with van der Waals surface area (Å²) in [5.74, 6) is 1.10. The van der Waals surface area contributed by atoms with Crippen molar-refractivity contribution >= 4 is 0 Å². The predicted molar refractivity (Wildman–Crippen MR) is 84.7 cm³/mol. The van der Waals surface area contributed by atoms with E-state index in [1.807, 2.05) is 42.3 Å². The highest BCUT2D eigenvalue weighted by Crippen LogP contribution is 2.16. The SMILES string of the molecule is CN(Cc1nc(-c2ccccc2)no1)C[C@@]1(O)CNCCOC1. The zero-order valence-electron chi connectivity index (χ0n) is 13.2. The lowest BCUT2D eigenvalue weighted by atomic mass is 10.1. The van der Waals surface area contributed by atoms with Gasteiger partial charge in [-0.3, -0.25) is 4.90 Å². The number of ether oxygens (including phenoxy) is 1. The van der Waals surface area contributed by atoms with E-state index in [-0.39, 0.29) is 0 Å². The van der Waals surface area contributed by atoms with Crippen molar-refractivity contribution in [1.29, 1.82) is 0 Å². The van der Waals surface area contributed by atoms with Gasteiger partial charge in [0.1, 0.15) is 5.60 Å². The summed E-state index contributed by atoms with van der Waals surface area (Å²) in [6, 6.07) is 9.70. The van der Waals surface area contributed by atoms with E-state index in [4.69, 9.17) is 9.26 Å². The van der Waals surface area contributed by atoms with Crippen molar-refractivity contribution in [1.82, 2.24) is 20.4 Å². The monoisotopic (exact) mass is 318 g/mol. The second-order valence-electron chi connectivity index (χ2n) is 6.00. The Morgan fingerprint density at radius 3 is 3.00 bits per heavy atom. The smallest absolute Gasteiger partial charge is 0.241 e. The van der Waals surface area contributed by atoms with Gasteiger partial charge in [0.25, 0.3) is 0 Å². The van der Waals surface area contributed by atoms with Crippen molar-refractivity contribution in [3.05, 3.63) is 36.2 Å². The first-order valence-corrected chi connectivity index (χ1v) is 7.72. The molecule has 1 aromatic carbocycles. The van der Waals surface area contributed by atoms with Gasteiger partial charge in [-0.05, 0) is 7.05 Å². The molecule has 0 spiro atoms. The minimum Gasteiger partial charge on any atom is -0.385 e. The van der Waals surface area contributed by atoms with Crippen LogP contribution in [0.15, 0.2) is 34.9 Å². The Morgan fingerprint density at radius 1 is 1.35 bits per heavy atom. The lowest BCUT2D eigenvalue weighted by Gasteiger charge is -2.30. The van der Waals surface area contributed by atoms with Crippen LogP contribution in [0.1, 0.15) is 5.89 Å². The fourth-order valence-electron chi connectivity index (χ4n) is 2.69. The highest BCUT2D eigenvalue weighted by Gasteiger charge is 2.30. The van der Waals surface area contributed by atoms with E-state index in [9.17, 15) is 5.11 Å². The highest BCUT2D eigenvalue weighted by molar-refractivity contribution is 5.53. The van der Waals surface area contributed by atoms with E-state index in [1.54, 1.807) is 0 Å². The van der Waals surface area contributed by atoms with E-state index in [2.05, 4.69) is 15.5 Å². The summed E-state index contributed by atoms with van der Waals surface area (Å²) in [7, 11) is 1.91. The Balaban J connectivity index is 1.60. The molecular weight excluding hydrogens is 296 g/mol. The molecule has 1 aliphatic heterocycles. The number of nitrogens with one attached hydrogen (secondary N) is 1. The van der Waals surface area contributed by atoms with E-state index in [0.29, 0.717) is 44.6 Å². The van der Waals surface area contributed by atoms with Gasteiger partial charge in [-0.15, -0.1) is 0 Å². The van der Waals surface area contributed by atoms with Gasteiger partial charge in [-0.25, -0.2) is 0 Å². The molecule has 1 saturated heterocycles. The molecule has 124 valence electrons. The van der Waals surface area contributed by atoms with Gasteiger partial charge in [0.15, 0.2) is 0 Å². The standard InChI is InChI=1S/C16H22N4O3/c1-20(11-16(21)10-17-7-8-22-12-16)9-14-18-15(19-23-14)13-5-3-2-4-6-13/h2-6,17,21H,7-12H2,1H3/t16-/m0/s1. The summed E-state index contributed by atoms with van der Waals surface area (Å²) in [6.45, 7) is 3.15. The minimum atomic E-state index is -0.909. The maximum atomic E-state index is 10.6. The molecule has 0 bridgehead atoms. The molecule has 2 N–H and O–H groups in total. The third-order valence-corrected chi connectivity index (χ3v) is 3.72. The first-order chi connectivity index (χ1) is 11.1. The summed E-state index contributed by atoms with van der Waals surface area (Å²) < 4.78 is 10.7. The first-order valence-electron chi connectivity index (χ1n) is 7.72. The Hall–Kier alpha value is -1.80. The van der Waals surface area contributed by atoms with Gasteiger partial charge in [0.2, 0.25) is 11.7 Å². The topological polar surface area (TPSA) is 83.7 Å². The van der Waals surface area contributed by atoms with E-state index >= 15 is 0 Å². The fourth-order valence-corrected chi connectivity index (χ4v) is 2.69. The van der Waals surface area contributed by atoms with Crippen molar-refractivity contribution in [2.45, 2.75) is 12.1 Å². The Labute approximate surface area is 135 Å². The van der Waals surface area contributed by atoms with Gasteiger partial charge < -0.3 is 19.7 Å². The third-order valence-electron chi connectivity index (χ3n) is 3.72. The second-order valence-corrected chi connectivity index (χ2v) is 6.00. The average Bonchev–Trinajstić information content (AvgIpc) is 2.89. The van der Waals surface area contributed by atoms with Crippen LogP contribution in [-0.4, -0.2) is 65.6 Å². The molecule has 3 rings (SSSR count). The van der Waals surface area contributed by atoms with Crippen LogP contribution in [0, 0.1) is 0 Å². The number of benzene rings is 1. The first kappa shape index (κ1) is 16.1. The number of hydrogen-bond donors (Lipinski definition) is 2. The molecule has 1 atom stereocenters. The maximum Gasteiger partial charge on any atom is 0.241 e. The molecule has 23 heavy (non-hydrogen) atoms. The van der Waals surface area contributed by atoms with Crippen LogP contribution in [0.25, 0.3) is 11.4 Å². The molecule has 2 heterocycles. The van der Waals surface area contributed by atoms with Crippen molar-refractivity contribution in [2.75, 3.05) is 39.9 Å². The van der Waals surface area contributed by atoms with Gasteiger partial charge in [0.05, 0.1) is 19.8 Å². The van der Waals surface area contributed by atoms with Crippen molar-refractivity contribution in [3.63, 3.8) is 0 Å². The van der Waals surface area contributed by atoms with Gasteiger partial charge in [-0.2, -0.15) is 4.98 Å². The summed E-state index contributed by atoms with van der Waals surface area (Å²) in [5.41, 5.74) is 0.0122. The normalized spacial score (nSPS) is 22.2. The van der Waals surface area contributed by atoms with E-state index in [1.165, 1.54) is 0 Å². The molecule has 7 heteroatoms. The molecule has 0 unspecified atom stereocenters. The van der Waals surface area contributed by atoms with Gasteiger partial charge in [-0.1, -0.05) is 35.5 Å². The van der Waals surface area contributed by atoms with E-state index in [0.717, 1.165) is 12.1 Å². The fraction of sp³-hybridized carbons (Fsp3) is 0.500. The number of nitrogens with zero attached hydrogens (tertiary/aromatic N) is 3. The van der Waals surface area contributed by atoms with Crippen LogP contribution < -0.4 is 5.32 Å². The second kappa shape index (κ2) is 7.18. The zero-order valence-corrected chi connectivity index (χ0v) is 13.2. The number of likely N-dealkylation sites (N-methyl/N-ethyl adjacent to an activating group) is 1. The Kier molecular flexibility index (Phi) is 5.02. The number of aromatic nitrogens is 2. The molecular formula is C16H22N4O3. The quantitative estimate of drug-likeness (QED) is 0.831. The molecule has 0 amide bonds. The molecule has 2 aromatic rings. The number of rotatable bonds is 5. The molecule has 7 nitrogen and oxygen atoms in total. The highest BCUT2D eigenvalue weighted by atomic mass is 16.5. The Morgan fingerprint density at radius 2 is 2.17 bits per heavy atom. The molecule has 1 aromatic heterocycles. The van der Waals surface area contributed by atoms with Crippen molar-refractivity contribution < 1.29 is 14.4 Å². The Bertz CT molecular complexity index is 609. The summed E-state index contributed by atoms with van der Waals surface area (Å²) in [6.07, 6.45) is 0. The molecule has 0 radical (unpaired) electrons. The van der Waals surface area contributed by atoms with E-state index < -0.39 is 5.60 Å². The number of β-amino-alcohol motifs (C(OH)–C–C–N with tert-alkyl or cyclic N) is 1. The van der Waals surface area contributed by atoms with Gasteiger partial charge in [0, 0.05) is 25.2 Å². The summed E-state index contributed by atoms with van der Waals surface area (Å²) >= 11 is 0. The lowest BCUT2D eigenvalue weighted by Crippen LogP contribution is -2.50. The maximum absolute atomic E-state index is 10.6. The zero-order chi connectivity index (χ0) is 16.1. The molecule has 1 aliphatic rings. The van der Waals surface area contributed by atoms with Gasteiger partial charge >= 0.3 is 0 Å². The summed E-state index contributed by atoms with van der Waals surface area (Å²) in [5, 5.41) is 17.8. The third kappa shape index (κ3) is 4.35. The largest absolute Gasteiger partial charge is 0.385 e. The predicted octanol–water partition coefficient (Wildman–Crippen LogP) is 0.519. The molecule has 1 fully saturated rings. The van der Waals surface area contributed by atoms with Crippen LogP contribution in [0.3, 0.4) is 0 Å². The minimum absolute atomic E-state index is 0.323. The van der Waals surface area contributed by atoms with Crippen LogP contribution >= 0.6 is 0 Å². The average molecular weight is 318 g/mol. The summed E-state index contributed by atoms with van der Waals surface area (Å²) in [4.78, 5) is 6.36. The number of aliphatic hydroxyl groups is 1. The van der Waals surface area contributed by atoms with Crippen molar-refractivity contribution in [3.8, 4) is 11.4 Å².